The molecule has 0 amide bonds. The first kappa shape index (κ1) is 19.0. The Morgan fingerprint density at radius 1 is 0.840 bits per heavy atom. The van der Waals surface area contributed by atoms with E-state index in [2.05, 4.69) is 0 Å². The molecule has 132 valence electrons. The van der Waals surface area contributed by atoms with Gasteiger partial charge >= 0.3 is 14.2 Å². The molecule has 0 saturated heterocycles. The summed E-state index contributed by atoms with van der Waals surface area (Å²) in [6.07, 6.45) is 0. The van der Waals surface area contributed by atoms with E-state index in [1.807, 2.05) is 0 Å². The number of rotatable bonds is 8. The second kappa shape index (κ2) is 8.66. The molecule has 25 heavy (non-hydrogen) atoms. The topological polar surface area (TPSA) is 109 Å². The summed E-state index contributed by atoms with van der Waals surface area (Å²) in [4.78, 5) is 0. The zero-order valence-corrected chi connectivity index (χ0v) is 14.0. The fourth-order valence-corrected chi connectivity index (χ4v) is 2.32. The second-order valence-electron chi connectivity index (χ2n) is 5.08. The number of hydrogen-bond donors (Lipinski definition) is 4. The molecule has 0 aliphatic carbocycles. The second-order valence-corrected chi connectivity index (χ2v) is 5.08. The monoisotopic (exact) mass is 346 g/mol. The van der Waals surface area contributed by atoms with Gasteiger partial charge in [-0.2, -0.15) is 0 Å². The fraction of sp³-hybridized carbons (Fsp3) is 0.250. The van der Waals surface area contributed by atoms with Crippen LogP contribution in [0.5, 0.6) is 23.0 Å². The van der Waals surface area contributed by atoms with Gasteiger partial charge in [0.1, 0.15) is 5.75 Å². The number of ether oxygens (including phenoxy) is 2. The normalized spacial score (nSPS) is 10.3. The van der Waals surface area contributed by atoms with Crippen molar-refractivity contribution < 1.29 is 34.3 Å². The molecule has 2 rings (SSSR count). The summed E-state index contributed by atoms with van der Waals surface area (Å²) in [7, 11) is -3.38. The minimum atomic E-state index is -1.81. The Balaban J connectivity index is 2.37. The number of aromatic hydroxyl groups is 1. The van der Waals surface area contributed by atoms with Crippen LogP contribution < -0.4 is 25.1 Å². The summed E-state index contributed by atoms with van der Waals surface area (Å²) in [5, 5.41) is 39.7. The minimum Gasteiger partial charge on any atom is -0.530 e. The first-order valence-corrected chi connectivity index (χ1v) is 7.90. The SMILES string of the molecule is CCOc1cccc(B(O)Oc2c(OCC)cccc2B(O)O)c1O. The van der Waals surface area contributed by atoms with Gasteiger partial charge in [0.25, 0.3) is 0 Å². The van der Waals surface area contributed by atoms with Gasteiger partial charge < -0.3 is 34.3 Å². The molecule has 0 bridgehead atoms. The van der Waals surface area contributed by atoms with Crippen LogP contribution >= 0.6 is 0 Å². The van der Waals surface area contributed by atoms with Crippen LogP contribution in [0.1, 0.15) is 13.8 Å². The van der Waals surface area contributed by atoms with Crippen molar-refractivity contribution in [3.63, 3.8) is 0 Å². The summed E-state index contributed by atoms with van der Waals surface area (Å²) in [6, 6.07) is 9.22. The van der Waals surface area contributed by atoms with Crippen LogP contribution in [0.4, 0.5) is 0 Å². The van der Waals surface area contributed by atoms with Gasteiger partial charge in [-0.1, -0.05) is 24.3 Å². The third-order valence-electron chi connectivity index (χ3n) is 3.41. The van der Waals surface area contributed by atoms with Crippen LogP contribution in [-0.4, -0.2) is 47.6 Å². The van der Waals surface area contributed by atoms with Crippen molar-refractivity contribution in [1.29, 1.82) is 0 Å². The van der Waals surface area contributed by atoms with Crippen LogP contribution in [0, 0.1) is 0 Å². The molecule has 2 aromatic rings. The average Bonchev–Trinajstić information content (AvgIpc) is 2.58. The van der Waals surface area contributed by atoms with E-state index in [0.29, 0.717) is 13.2 Å². The molecule has 0 aliphatic rings. The van der Waals surface area contributed by atoms with Gasteiger partial charge in [0, 0.05) is 10.9 Å². The maximum atomic E-state index is 10.4. The van der Waals surface area contributed by atoms with Gasteiger partial charge in [-0.05, 0) is 26.0 Å². The predicted octanol–water partition coefficient (Wildman–Crippen LogP) is -0.364. The molecule has 0 spiro atoms. The molecule has 0 saturated carbocycles. The van der Waals surface area contributed by atoms with E-state index < -0.39 is 14.2 Å². The van der Waals surface area contributed by atoms with Gasteiger partial charge in [-0.15, -0.1) is 0 Å². The lowest BCUT2D eigenvalue weighted by atomic mass is 9.76. The van der Waals surface area contributed by atoms with E-state index in [0.717, 1.165) is 0 Å². The molecule has 4 N–H and O–H groups in total. The smallest absolute Gasteiger partial charge is 0.530 e. The van der Waals surface area contributed by atoms with Crippen molar-refractivity contribution in [1.82, 2.24) is 0 Å². The molecule has 0 unspecified atom stereocenters. The Morgan fingerprint density at radius 2 is 1.40 bits per heavy atom. The van der Waals surface area contributed by atoms with Crippen LogP contribution in [0.3, 0.4) is 0 Å². The Labute approximate surface area is 146 Å². The standard InChI is InChI=1S/C16H20B2O7/c1-3-23-13-9-5-7-11(15(13)19)18(22)25-16-12(17(20)21)8-6-10-14(16)24-4-2/h5-10,19-22H,3-4H2,1-2H3. The summed E-state index contributed by atoms with van der Waals surface area (Å²) < 4.78 is 16.2. The summed E-state index contributed by atoms with van der Waals surface area (Å²) >= 11 is 0. The summed E-state index contributed by atoms with van der Waals surface area (Å²) in [5.41, 5.74) is 0.112. The van der Waals surface area contributed by atoms with Gasteiger partial charge in [-0.25, -0.2) is 0 Å². The highest BCUT2D eigenvalue weighted by molar-refractivity contribution is 6.63. The maximum absolute atomic E-state index is 10.4. The Hall–Kier alpha value is -2.35. The third kappa shape index (κ3) is 4.39. The quantitative estimate of drug-likeness (QED) is 0.483. The largest absolute Gasteiger partial charge is 0.564 e. The third-order valence-corrected chi connectivity index (χ3v) is 3.41. The molecule has 0 atom stereocenters. The molecule has 0 aliphatic heterocycles. The highest BCUT2D eigenvalue weighted by Gasteiger charge is 2.29. The van der Waals surface area contributed by atoms with E-state index in [4.69, 9.17) is 14.1 Å². The number of hydrogen-bond acceptors (Lipinski definition) is 7. The molecule has 0 fully saturated rings. The number of phenols is 1. The van der Waals surface area contributed by atoms with Gasteiger partial charge in [-0.3, -0.25) is 0 Å². The van der Waals surface area contributed by atoms with E-state index in [9.17, 15) is 20.2 Å². The zero-order chi connectivity index (χ0) is 18.4. The zero-order valence-electron chi connectivity index (χ0n) is 14.0. The van der Waals surface area contributed by atoms with Gasteiger partial charge in [0.2, 0.25) is 0 Å². The molecular weight excluding hydrogens is 326 g/mol. The molecule has 9 heteroatoms. The van der Waals surface area contributed by atoms with Gasteiger partial charge in [0.15, 0.2) is 17.2 Å². The van der Waals surface area contributed by atoms with Crippen molar-refractivity contribution in [2.45, 2.75) is 13.8 Å². The molecule has 7 nitrogen and oxygen atoms in total. The van der Waals surface area contributed by atoms with Crippen molar-refractivity contribution >= 4 is 25.2 Å². The van der Waals surface area contributed by atoms with E-state index in [1.165, 1.54) is 12.1 Å². The van der Waals surface area contributed by atoms with Gasteiger partial charge in [0.05, 0.1) is 13.2 Å². The lowest BCUT2D eigenvalue weighted by Crippen LogP contribution is -2.40. The summed E-state index contributed by atoms with van der Waals surface area (Å²) in [6.45, 7) is 4.20. The van der Waals surface area contributed by atoms with Crippen LogP contribution in [0.15, 0.2) is 36.4 Å². The Bertz CT molecular complexity index is 709. The van der Waals surface area contributed by atoms with Crippen molar-refractivity contribution in [2.75, 3.05) is 13.2 Å². The molecular formula is C16H20B2O7. The highest BCUT2D eigenvalue weighted by atomic mass is 16.5. The maximum Gasteiger partial charge on any atom is 0.564 e. The van der Waals surface area contributed by atoms with Crippen LogP contribution in [0.2, 0.25) is 0 Å². The lowest BCUT2D eigenvalue weighted by molar-refractivity contribution is 0.316. The Kier molecular flexibility index (Phi) is 6.58. The minimum absolute atomic E-state index is 0.0203. The average molecular weight is 346 g/mol. The van der Waals surface area contributed by atoms with E-state index in [-0.39, 0.29) is 33.9 Å². The first-order chi connectivity index (χ1) is 12.0. The fourth-order valence-electron chi connectivity index (χ4n) is 2.32. The van der Waals surface area contributed by atoms with Crippen LogP contribution in [0.25, 0.3) is 0 Å². The van der Waals surface area contributed by atoms with Crippen molar-refractivity contribution in [2.24, 2.45) is 0 Å². The molecule has 2 aromatic carbocycles. The number of benzene rings is 2. The number of para-hydroxylation sites is 2. The molecule has 0 aromatic heterocycles. The summed E-state index contributed by atoms with van der Waals surface area (Å²) in [5.74, 6) is 0.181. The molecule has 0 heterocycles. The van der Waals surface area contributed by atoms with Crippen molar-refractivity contribution in [3.8, 4) is 23.0 Å². The molecule has 0 radical (unpaired) electrons. The van der Waals surface area contributed by atoms with Crippen molar-refractivity contribution in [3.05, 3.63) is 36.4 Å². The highest BCUT2D eigenvalue weighted by Crippen LogP contribution is 2.27. The van der Waals surface area contributed by atoms with E-state index >= 15 is 0 Å². The predicted molar refractivity (Wildman–Crippen MR) is 94.9 cm³/mol. The first-order valence-electron chi connectivity index (χ1n) is 7.90. The van der Waals surface area contributed by atoms with E-state index in [1.54, 1.807) is 38.1 Å². The Morgan fingerprint density at radius 3 is 2.00 bits per heavy atom. The van der Waals surface area contributed by atoms with Crippen LogP contribution in [-0.2, 0) is 0 Å². The lowest BCUT2D eigenvalue weighted by Gasteiger charge is -2.18. The number of phenolic OH excluding ortho intramolecular Hbond substituents is 1.